The molecule has 0 aromatic carbocycles. The van der Waals surface area contributed by atoms with Crippen LogP contribution in [0, 0.1) is 0 Å². The quantitative estimate of drug-likeness (QED) is 0.868. The van der Waals surface area contributed by atoms with Gasteiger partial charge in [0.05, 0.1) is 13.2 Å². The summed E-state index contributed by atoms with van der Waals surface area (Å²) in [7, 11) is 0. The summed E-state index contributed by atoms with van der Waals surface area (Å²) in [6, 6.07) is 0. The molecular formula is C16H24N4O3S. The number of aromatic nitrogens is 2. The number of aliphatic hydroxyl groups is 1. The normalized spacial score (nSPS) is 25.1. The first-order valence-electron chi connectivity index (χ1n) is 8.76. The lowest BCUT2D eigenvalue weighted by molar-refractivity contribution is -0.201. The van der Waals surface area contributed by atoms with E-state index in [2.05, 4.69) is 21.2 Å². The van der Waals surface area contributed by atoms with E-state index in [1.807, 2.05) is 4.90 Å². The van der Waals surface area contributed by atoms with Gasteiger partial charge in [0.2, 0.25) is 5.13 Å². The molecule has 4 rings (SSSR count). The Morgan fingerprint density at radius 1 is 1.29 bits per heavy atom. The van der Waals surface area contributed by atoms with Crippen molar-refractivity contribution in [3.05, 3.63) is 5.82 Å². The van der Waals surface area contributed by atoms with Gasteiger partial charge in [0.15, 0.2) is 5.60 Å². The first kappa shape index (κ1) is 16.2. The third kappa shape index (κ3) is 2.51. The Morgan fingerprint density at radius 2 is 2.04 bits per heavy atom. The van der Waals surface area contributed by atoms with Gasteiger partial charge in [0.25, 0.3) is 5.91 Å². The summed E-state index contributed by atoms with van der Waals surface area (Å²) in [6.45, 7) is 4.73. The predicted molar refractivity (Wildman–Crippen MR) is 90.2 cm³/mol. The lowest BCUT2D eigenvalue weighted by atomic mass is 9.84. The van der Waals surface area contributed by atoms with Crippen molar-refractivity contribution in [2.45, 2.75) is 50.2 Å². The van der Waals surface area contributed by atoms with Gasteiger partial charge in [-0.25, -0.2) is 4.98 Å². The molecule has 0 unspecified atom stereocenters. The molecule has 1 N–H and O–H groups in total. The zero-order valence-corrected chi connectivity index (χ0v) is 14.8. The molecule has 1 aromatic heterocycles. The highest BCUT2D eigenvalue weighted by Gasteiger charge is 2.50. The van der Waals surface area contributed by atoms with Gasteiger partial charge in [-0.15, -0.1) is 0 Å². The smallest absolute Gasteiger partial charge is 0.259 e. The Balaban J connectivity index is 1.46. The van der Waals surface area contributed by atoms with Gasteiger partial charge < -0.3 is 19.6 Å². The number of nitrogens with zero attached hydrogens (tertiary/aromatic N) is 4. The van der Waals surface area contributed by atoms with Gasteiger partial charge in [-0.3, -0.25) is 4.79 Å². The molecular weight excluding hydrogens is 328 g/mol. The molecule has 0 atom stereocenters. The lowest BCUT2D eigenvalue weighted by Crippen LogP contribution is -2.63. The molecule has 4 heterocycles. The Morgan fingerprint density at radius 3 is 2.62 bits per heavy atom. The fourth-order valence-electron chi connectivity index (χ4n) is 4.09. The summed E-state index contributed by atoms with van der Waals surface area (Å²) in [4.78, 5) is 21.4. The van der Waals surface area contributed by atoms with E-state index >= 15 is 0 Å². The molecule has 3 fully saturated rings. The van der Waals surface area contributed by atoms with E-state index in [4.69, 9.17) is 4.74 Å². The summed E-state index contributed by atoms with van der Waals surface area (Å²) in [5.41, 5.74) is -1.19. The van der Waals surface area contributed by atoms with Gasteiger partial charge in [0.1, 0.15) is 5.82 Å². The van der Waals surface area contributed by atoms with Crippen LogP contribution in [0.25, 0.3) is 0 Å². The van der Waals surface area contributed by atoms with Crippen molar-refractivity contribution in [3.8, 4) is 0 Å². The van der Waals surface area contributed by atoms with Crippen LogP contribution in [0.5, 0.6) is 0 Å². The number of piperidine rings is 1. The zero-order chi connectivity index (χ0) is 16.8. The number of aryl methyl sites for hydroxylation is 1. The number of carbonyl (C=O) groups is 1. The third-order valence-electron chi connectivity index (χ3n) is 5.66. The van der Waals surface area contributed by atoms with Gasteiger partial charge in [-0.2, -0.15) is 4.37 Å². The Labute approximate surface area is 145 Å². The summed E-state index contributed by atoms with van der Waals surface area (Å²) in [6.07, 6.45) is 5.02. The zero-order valence-electron chi connectivity index (χ0n) is 14.0. The van der Waals surface area contributed by atoms with Crippen LogP contribution in [-0.4, -0.2) is 69.3 Å². The van der Waals surface area contributed by atoms with Gasteiger partial charge in [-0.1, -0.05) is 6.92 Å². The average Bonchev–Trinajstić information content (AvgIpc) is 3.19. The first-order chi connectivity index (χ1) is 11.6. The maximum atomic E-state index is 12.5. The maximum absolute atomic E-state index is 12.5. The lowest BCUT2D eigenvalue weighted by Gasteiger charge is -2.47. The molecule has 1 aromatic rings. The Bertz CT molecular complexity index is 623. The van der Waals surface area contributed by atoms with Crippen molar-refractivity contribution >= 4 is 22.6 Å². The van der Waals surface area contributed by atoms with E-state index in [0.717, 1.165) is 49.6 Å². The largest absolute Gasteiger partial charge is 0.376 e. The average molecular weight is 352 g/mol. The van der Waals surface area contributed by atoms with E-state index in [0.29, 0.717) is 13.1 Å². The van der Waals surface area contributed by atoms with E-state index in [1.54, 1.807) is 0 Å². The van der Waals surface area contributed by atoms with E-state index in [1.165, 1.54) is 11.5 Å². The first-order valence-corrected chi connectivity index (χ1v) is 9.53. The highest BCUT2D eigenvalue weighted by Crippen LogP contribution is 2.42. The van der Waals surface area contributed by atoms with Crippen LogP contribution in [0.2, 0.25) is 0 Å². The molecule has 0 bridgehead atoms. The van der Waals surface area contributed by atoms with Crippen molar-refractivity contribution in [1.82, 2.24) is 14.3 Å². The van der Waals surface area contributed by atoms with Crippen LogP contribution < -0.4 is 4.90 Å². The minimum absolute atomic E-state index is 0.0973. The van der Waals surface area contributed by atoms with E-state index in [9.17, 15) is 9.90 Å². The minimum Gasteiger partial charge on any atom is -0.376 e. The number of amides is 1. The van der Waals surface area contributed by atoms with Crippen molar-refractivity contribution in [2.75, 3.05) is 37.7 Å². The standard InChI is InChI=1S/C16H24N4O3S/c1-2-12-17-14(24-18-12)20-7-3-4-15(20)5-8-19(9-6-15)13(21)16(22)10-23-11-16/h22H,2-11H2,1H3. The van der Waals surface area contributed by atoms with Crippen LogP contribution in [0.15, 0.2) is 0 Å². The summed E-state index contributed by atoms with van der Waals surface area (Å²) < 4.78 is 9.44. The molecule has 1 amide bonds. The van der Waals surface area contributed by atoms with Crippen molar-refractivity contribution < 1.29 is 14.6 Å². The molecule has 0 aliphatic carbocycles. The van der Waals surface area contributed by atoms with Crippen molar-refractivity contribution in [2.24, 2.45) is 0 Å². The second-order valence-corrected chi connectivity index (χ2v) is 7.87. The second kappa shape index (κ2) is 5.93. The molecule has 7 nitrogen and oxygen atoms in total. The topological polar surface area (TPSA) is 78.8 Å². The SMILES string of the molecule is CCc1nsc(N2CCCC23CCN(C(=O)C2(O)COC2)CC3)n1. The van der Waals surface area contributed by atoms with Crippen LogP contribution in [-0.2, 0) is 16.0 Å². The summed E-state index contributed by atoms with van der Waals surface area (Å²) in [5, 5.41) is 11.2. The molecule has 132 valence electrons. The van der Waals surface area contributed by atoms with Crippen LogP contribution in [0.4, 0.5) is 5.13 Å². The summed E-state index contributed by atoms with van der Waals surface area (Å²) >= 11 is 1.49. The van der Waals surface area contributed by atoms with Crippen LogP contribution >= 0.6 is 11.5 Å². The van der Waals surface area contributed by atoms with Crippen molar-refractivity contribution in [1.29, 1.82) is 0 Å². The number of rotatable bonds is 3. The monoisotopic (exact) mass is 352 g/mol. The number of ether oxygens (including phenoxy) is 1. The molecule has 1 spiro atoms. The van der Waals surface area contributed by atoms with E-state index < -0.39 is 5.60 Å². The number of hydrogen-bond acceptors (Lipinski definition) is 7. The number of carbonyl (C=O) groups excluding carboxylic acids is 1. The number of likely N-dealkylation sites (tertiary alicyclic amines) is 1. The number of anilines is 1. The maximum Gasteiger partial charge on any atom is 0.259 e. The molecule has 0 saturated carbocycles. The summed E-state index contributed by atoms with van der Waals surface area (Å²) in [5.74, 6) is 0.745. The van der Waals surface area contributed by atoms with Crippen LogP contribution in [0.3, 0.4) is 0 Å². The molecule has 8 heteroatoms. The minimum atomic E-state index is -1.28. The second-order valence-electron chi connectivity index (χ2n) is 7.14. The van der Waals surface area contributed by atoms with Gasteiger partial charge in [-0.05, 0) is 25.7 Å². The van der Waals surface area contributed by atoms with Gasteiger partial charge in [0, 0.05) is 43.1 Å². The number of hydrogen-bond donors (Lipinski definition) is 1. The fourth-order valence-corrected chi connectivity index (χ4v) is 4.98. The predicted octanol–water partition coefficient (Wildman–Crippen LogP) is 0.823. The fraction of sp³-hybridized carbons (Fsp3) is 0.812. The molecule has 3 aliphatic heterocycles. The Hall–Kier alpha value is -1.25. The Kier molecular flexibility index (Phi) is 4.01. The van der Waals surface area contributed by atoms with Crippen molar-refractivity contribution in [3.63, 3.8) is 0 Å². The molecule has 3 aliphatic rings. The highest BCUT2D eigenvalue weighted by molar-refractivity contribution is 7.09. The van der Waals surface area contributed by atoms with Crippen LogP contribution in [0.1, 0.15) is 38.4 Å². The van der Waals surface area contributed by atoms with Gasteiger partial charge >= 0.3 is 0 Å². The molecule has 24 heavy (non-hydrogen) atoms. The highest BCUT2D eigenvalue weighted by atomic mass is 32.1. The third-order valence-corrected chi connectivity index (χ3v) is 6.44. The molecule has 0 radical (unpaired) electrons. The van der Waals surface area contributed by atoms with E-state index in [-0.39, 0.29) is 24.7 Å². The molecule has 3 saturated heterocycles.